The number of hydrogen-bond donors (Lipinski definition) is 1. The standard InChI is InChI=1S/C8H17NO3/c1-6(2)12-8(11)9(4)5-7(3)10/h6-7,10H,5H2,1-4H3. The zero-order valence-electron chi connectivity index (χ0n) is 8.07. The molecule has 0 bridgehead atoms. The summed E-state index contributed by atoms with van der Waals surface area (Å²) < 4.78 is 4.89. The van der Waals surface area contributed by atoms with E-state index < -0.39 is 12.2 Å². The normalized spacial score (nSPS) is 12.8. The number of nitrogens with zero attached hydrogens (tertiary/aromatic N) is 1. The molecule has 0 fully saturated rings. The third-order valence-electron chi connectivity index (χ3n) is 1.19. The van der Waals surface area contributed by atoms with E-state index in [0.717, 1.165) is 0 Å². The van der Waals surface area contributed by atoms with Gasteiger partial charge in [0.1, 0.15) is 0 Å². The molecule has 0 radical (unpaired) electrons. The molecule has 0 aliphatic heterocycles. The molecule has 1 N–H and O–H groups in total. The van der Waals surface area contributed by atoms with Crippen LogP contribution in [-0.2, 0) is 4.74 Å². The van der Waals surface area contributed by atoms with Gasteiger partial charge in [-0.1, -0.05) is 0 Å². The Labute approximate surface area is 73.1 Å². The third kappa shape index (κ3) is 4.96. The van der Waals surface area contributed by atoms with Crippen LogP contribution >= 0.6 is 0 Å². The number of ether oxygens (including phenoxy) is 1. The Kier molecular flexibility index (Phi) is 4.66. The van der Waals surface area contributed by atoms with Gasteiger partial charge in [-0.15, -0.1) is 0 Å². The summed E-state index contributed by atoms with van der Waals surface area (Å²) >= 11 is 0. The Balaban J connectivity index is 3.77. The number of carbonyl (C=O) groups excluding carboxylic acids is 1. The summed E-state index contributed by atoms with van der Waals surface area (Å²) in [5.74, 6) is 0. The summed E-state index contributed by atoms with van der Waals surface area (Å²) in [4.78, 5) is 12.4. The molecule has 12 heavy (non-hydrogen) atoms. The van der Waals surface area contributed by atoms with Crippen molar-refractivity contribution in [1.82, 2.24) is 4.90 Å². The molecule has 0 aromatic rings. The monoisotopic (exact) mass is 175 g/mol. The van der Waals surface area contributed by atoms with Crippen LogP contribution in [0.4, 0.5) is 4.79 Å². The number of likely N-dealkylation sites (N-methyl/N-ethyl adjacent to an activating group) is 1. The molecule has 4 nitrogen and oxygen atoms in total. The molecule has 0 saturated heterocycles. The van der Waals surface area contributed by atoms with Crippen molar-refractivity contribution in [3.63, 3.8) is 0 Å². The Hall–Kier alpha value is -0.770. The second-order valence-corrected chi connectivity index (χ2v) is 3.16. The fourth-order valence-electron chi connectivity index (χ4n) is 0.762. The van der Waals surface area contributed by atoms with E-state index in [2.05, 4.69) is 0 Å². The lowest BCUT2D eigenvalue weighted by molar-refractivity contribution is 0.0680. The molecule has 4 heteroatoms. The predicted molar refractivity (Wildman–Crippen MR) is 45.9 cm³/mol. The van der Waals surface area contributed by atoms with Crippen LogP contribution in [0.2, 0.25) is 0 Å². The summed E-state index contributed by atoms with van der Waals surface area (Å²) in [7, 11) is 1.59. The highest BCUT2D eigenvalue weighted by Crippen LogP contribution is 1.96. The van der Waals surface area contributed by atoms with Gasteiger partial charge in [0.25, 0.3) is 0 Å². The molecule has 1 amide bonds. The fraction of sp³-hybridized carbons (Fsp3) is 0.875. The zero-order valence-corrected chi connectivity index (χ0v) is 8.07. The molecule has 0 spiro atoms. The predicted octanol–water partition coefficient (Wildman–Crippen LogP) is 0.844. The first-order valence-corrected chi connectivity index (χ1v) is 4.03. The van der Waals surface area contributed by atoms with Gasteiger partial charge in [-0.25, -0.2) is 4.79 Å². The van der Waals surface area contributed by atoms with E-state index in [9.17, 15) is 4.79 Å². The number of hydrogen-bond acceptors (Lipinski definition) is 3. The molecule has 0 saturated carbocycles. The van der Waals surface area contributed by atoms with Crippen molar-refractivity contribution in [2.75, 3.05) is 13.6 Å². The molecule has 0 aromatic carbocycles. The van der Waals surface area contributed by atoms with E-state index in [1.54, 1.807) is 27.8 Å². The molecular weight excluding hydrogens is 158 g/mol. The summed E-state index contributed by atoms with van der Waals surface area (Å²) in [6.45, 7) is 5.49. The molecule has 1 atom stereocenters. The van der Waals surface area contributed by atoms with E-state index in [0.29, 0.717) is 6.54 Å². The van der Waals surface area contributed by atoms with E-state index in [1.165, 1.54) is 4.90 Å². The van der Waals surface area contributed by atoms with Crippen molar-refractivity contribution < 1.29 is 14.6 Å². The Morgan fingerprint density at radius 3 is 2.33 bits per heavy atom. The van der Waals surface area contributed by atoms with Crippen LogP contribution in [0.5, 0.6) is 0 Å². The van der Waals surface area contributed by atoms with Gasteiger partial charge in [0.05, 0.1) is 12.2 Å². The topological polar surface area (TPSA) is 49.8 Å². The van der Waals surface area contributed by atoms with Crippen molar-refractivity contribution in [3.05, 3.63) is 0 Å². The van der Waals surface area contributed by atoms with Crippen LogP contribution in [0.25, 0.3) is 0 Å². The summed E-state index contributed by atoms with van der Waals surface area (Å²) in [5, 5.41) is 8.96. The fourth-order valence-corrected chi connectivity index (χ4v) is 0.762. The molecule has 0 heterocycles. The van der Waals surface area contributed by atoms with Crippen LogP contribution in [0.1, 0.15) is 20.8 Å². The number of aliphatic hydroxyl groups excluding tert-OH is 1. The van der Waals surface area contributed by atoms with Crippen molar-refractivity contribution in [1.29, 1.82) is 0 Å². The van der Waals surface area contributed by atoms with Gasteiger partial charge in [0.2, 0.25) is 0 Å². The smallest absolute Gasteiger partial charge is 0.409 e. The van der Waals surface area contributed by atoms with E-state index in [-0.39, 0.29) is 6.10 Å². The highest BCUT2D eigenvalue weighted by Gasteiger charge is 2.12. The minimum absolute atomic E-state index is 0.117. The molecule has 0 rings (SSSR count). The summed E-state index contributed by atoms with van der Waals surface area (Å²) in [5.41, 5.74) is 0. The number of carbonyl (C=O) groups is 1. The van der Waals surface area contributed by atoms with Crippen LogP contribution in [0, 0.1) is 0 Å². The van der Waals surface area contributed by atoms with Crippen LogP contribution < -0.4 is 0 Å². The molecule has 0 aromatic heterocycles. The molecule has 0 aliphatic carbocycles. The lowest BCUT2D eigenvalue weighted by Crippen LogP contribution is -2.34. The maximum Gasteiger partial charge on any atom is 0.409 e. The van der Waals surface area contributed by atoms with Gasteiger partial charge < -0.3 is 14.7 Å². The van der Waals surface area contributed by atoms with E-state index in [4.69, 9.17) is 9.84 Å². The van der Waals surface area contributed by atoms with E-state index >= 15 is 0 Å². The Morgan fingerprint density at radius 2 is 2.00 bits per heavy atom. The third-order valence-corrected chi connectivity index (χ3v) is 1.19. The number of amides is 1. The maximum absolute atomic E-state index is 11.1. The molecule has 1 unspecified atom stereocenters. The molecular formula is C8H17NO3. The highest BCUT2D eigenvalue weighted by molar-refractivity contribution is 5.67. The summed E-state index contributed by atoms with van der Waals surface area (Å²) in [6.07, 6.45) is -1.03. The SMILES string of the molecule is CC(O)CN(C)C(=O)OC(C)C. The minimum Gasteiger partial charge on any atom is -0.447 e. The van der Waals surface area contributed by atoms with Crippen LogP contribution in [0.15, 0.2) is 0 Å². The Bertz CT molecular complexity index is 145. The van der Waals surface area contributed by atoms with Gasteiger partial charge in [0, 0.05) is 13.6 Å². The first-order valence-electron chi connectivity index (χ1n) is 4.03. The van der Waals surface area contributed by atoms with Gasteiger partial charge in [0.15, 0.2) is 0 Å². The van der Waals surface area contributed by atoms with Gasteiger partial charge >= 0.3 is 6.09 Å². The van der Waals surface area contributed by atoms with Crippen molar-refractivity contribution in [2.45, 2.75) is 33.0 Å². The van der Waals surface area contributed by atoms with Gasteiger partial charge in [-0.3, -0.25) is 0 Å². The summed E-state index contributed by atoms with van der Waals surface area (Å²) in [6, 6.07) is 0. The molecule has 0 aliphatic rings. The second-order valence-electron chi connectivity index (χ2n) is 3.16. The largest absolute Gasteiger partial charge is 0.447 e. The maximum atomic E-state index is 11.1. The molecule has 72 valence electrons. The van der Waals surface area contributed by atoms with Crippen molar-refractivity contribution >= 4 is 6.09 Å². The lowest BCUT2D eigenvalue weighted by Gasteiger charge is -2.19. The van der Waals surface area contributed by atoms with Gasteiger partial charge in [-0.2, -0.15) is 0 Å². The van der Waals surface area contributed by atoms with E-state index in [1.807, 2.05) is 0 Å². The first-order chi connectivity index (χ1) is 5.43. The number of rotatable bonds is 3. The number of aliphatic hydroxyl groups is 1. The average molecular weight is 175 g/mol. The quantitative estimate of drug-likeness (QED) is 0.691. The van der Waals surface area contributed by atoms with Crippen molar-refractivity contribution in [3.8, 4) is 0 Å². The van der Waals surface area contributed by atoms with Crippen molar-refractivity contribution in [2.24, 2.45) is 0 Å². The zero-order chi connectivity index (χ0) is 9.72. The minimum atomic E-state index is -0.519. The van der Waals surface area contributed by atoms with Gasteiger partial charge in [-0.05, 0) is 20.8 Å². The van der Waals surface area contributed by atoms with Crippen LogP contribution in [-0.4, -0.2) is 41.9 Å². The average Bonchev–Trinajstić information content (AvgIpc) is 1.84. The Morgan fingerprint density at radius 1 is 1.50 bits per heavy atom. The lowest BCUT2D eigenvalue weighted by atomic mass is 10.4. The first kappa shape index (κ1) is 11.2. The highest BCUT2D eigenvalue weighted by atomic mass is 16.6. The second kappa shape index (κ2) is 4.98. The van der Waals surface area contributed by atoms with Crippen LogP contribution in [0.3, 0.4) is 0 Å².